The molecular weight excluding hydrogens is 238 g/mol. The number of nitrogen functional groups attached to an aromatic ring is 1. The van der Waals surface area contributed by atoms with Crippen LogP contribution in [0.25, 0.3) is 22.4 Å². The van der Waals surface area contributed by atoms with Gasteiger partial charge in [-0.2, -0.15) is 5.10 Å². The van der Waals surface area contributed by atoms with Crippen molar-refractivity contribution in [2.24, 2.45) is 0 Å². The Labute approximate surface area is 111 Å². The Morgan fingerprint density at radius 2 is 2.05 bits per heavy atom. The molecular formula is C15H17N3O. The number of anilines is 1. The molecule has 0 aliphatic heterocycles. The summed E-state index contributed by atoms with van der Waals surface area (Å²) in [5.41, 5.74) is 9.52. The number of nitrogens with zero attached hydrogens (tertiary/aromatic N) is 2. The van der Waals surface area contributed by atoms with E-state index in [2.05, 4.69) is 18.1 Å². The molecule has 4 nitrogen and oxygen atoms in total. The van der Waals surface area contributed by atoms with Gasteiger partial charge in [0.2, 0.25) is 0 Å². The quantitative estimate of drug-likeness (QED) is 0.779. The number of rotatable bonds is 3. The van der Waals surface area contributed by atoms with Crippen LogP contribution in [0.4, 0.5) is 5.69 Å². The fraction of sp³-hybridized carbons (Fsp3) is 0.267. The molecule has 3 aromatic rings. The third kappa shape index (κ3) is 1.80. The molecule has 0 radical (unpaired) electrons. The summed E-state index contributed by atoms with van der Waals surface area (Å²) < 4.78 is 7.79. The first-order valence-corrected chi connectivity index (χ1v) is 6.58. The molecule has 2 heterocycles. The third-order valence-corrected chi connectivity index (χ3v) is 3.38. The maximum Gasteiger partial charge on any atom is 0.160 e. The van der Waals surface area contributed by atoms with Crippen LogP contribution in [0.1, 0.15) is 19.4 Å². The zero-order chi connectivity index (χ0) is 13.4. The second kappa shape index (κ2) is 4.46. The van der Waals surface area contributed by atoms with Crippen LogP contribution in [-0.4, -0.2) is 9.78 Å². The van der Waals surface area contributed by atoms with Crippen molar-refractivity contribution in [1.82, 2.24) is 9.78 Å². The molecule has 3 rings (SSSR count). The highest BCUT2D eigenvalue weighted by atomic mass is 16.3. The smallest absolute Gasteiger partial charge is 0.160 e. The van der Waals surface area contributed by atoms with Crippen molar-refractivity contribution < 1.29 is 4.42 Å². The maximum atomic E-state index is 6.05. The summed E-state index contributed by atoms with van der Waals surface area (Å²) in [5, 5.41) is 5.64. The van der Waals surface area contributed by atoms with Gasteiger partial charge < -0.3 is 10.2 Å². The average Bonchev–Trinajstić information content (AvgIpc) is 2.98. The minimum Gasteiger partial charge on any atom is -0.454 e. The standard InChI is InChI=1S/C15H17N3O/c1-3-10-11-7-5-6-8-13(11)19-15(10)14-12(16)9-18(4-2)17-14/h5-9H,3-4,16H2,1-2H3. The Balaban J connectivity index is 2.26. The molecule has 0 aliphatic rings. The van der Waals surface area contributed by atoms with Crippen LogP contribution in [0.3, 0.4) is 0 Å². The summed E-state index contributed by atoms with van der Waals surface area (Å²) in [6.45, 7) is 4.95. The molecule has 2 aromatic heterocycles. The minimum atomic E-state index is 0.663. The van der Waals surface area contributed by atoms with Gasteiger partial charge in [0.05, 0.1) is 5.69 Å². The van der Waals surface area contributed by atoms with Gasteiger partial charge >= 0.3 is 0 Å². The molecule has 19 heavy (non-hydrogen) atoms. The van der Waals surface area contributed by atoms with Gasteiger partial charge in [-0.3, -0.25) is 4.68 Å². The van der Waals surface area contributed by atoms with Crippen molar-refractivity contribution in [3.8, 4) is 11.5 Å². The molecule has 0 atom stereocenters. The van der Waals surface area contributed by atoms with E-state index in [0.29, 0.717) is 5.69 Å². The minimum absolute atomic E-state index is 0.663. The number of nitrogens with two attached hydrogens (primary N) is 1. The monoisotopic (exact) mass is 255 g/mol. The Hall–Kier alpha value is -2.23. The van der Waals surface area contributed by atoms with Crippen LogP contribution in [0.5, 0.6) is 0 Å². The van der Waals surface area contributed by atoms with Crippen molar-refractivity contribution in [2.75, 3.05) is 5.73 Å². The van der Waals surface area contributed by atoms with Crippen molar-refractivity contribution in [3.05, 3.63) is 36.0 Å². The lowest BCUT2D eigenvalue weighted by molar-refractivity contribution is 0.613. The number of aromatic nitrogens is 2. The van der Waals surface area contributed by atoms with E-state index in [-0.39, 0.29) is 0 Å². The zero-order valence-electron chi connectivity index (χ0n) is 11.2. The normalized spacial score (nSPS) is 11.3. The number of furan rings is 1. The van der Waals surface area contributed by atoms with Gasteiger partial charge in [0.25, 0.3) is 0 Å². The number of para-hydroxylation sites is 1. The summed E-state index contributed by atoms with van der Waals surface area (Å²) in [6, 6.07) is 8.05. The van der Waals surface area contributed by atoms with E-state index >= 15 is 0 Å². The number of aryl methyl sites for hydroxylation is 2. The van der Waals surface area contributed by atoms with Crippen LogP contribution >= 0.6 is 0 Å². The molecule has 4 heteroatoms. The van der Waals surface area contributed by atoms with Gasteiger partial charge in [-0.25, -0.2) is 0 Å². The first-order chi connectivity index (χ1) is 9.24. The van der Waals surface area contributed by atoms with Gasteiger partial charge in [0.15, 0.2) is 11.5 Å². The van der Waals surface area contributed by atoms with E-state index in [4.69, 9.17) is 10.2 Å². The molecule has 0 saturated heterocycles. The molecule has 98 valence electrons. The van der Waals surface area contributed by atoms with E-state index in [1.165, 1.54) is 5.56 Å². The lowest BCUT2D eigenvalue weighted by Crippen LogP contribution is -1.94. The fourth-order valence-corrected chi connectivity index (χ4v) is 2.42. The van der Waals surface area contributed by atoms with E-state index in [1.807, 2.05) is 36.0 Å². The SMILES string of the molecule is CCc1c(-c2nn(CC)cc2N)oc2ccccc12. The summed E-state index contributed by atoms with van der Waals surface area (Å²) in [6.07, 6.45) is 2.74. The van der Waals surface area contributed by atoms with Crippen LogP contribution < -0.4 is 5.73 Å². The van der Waals surface area contributed by atoms with Gasteiger partial charge in [-0.15, -0.1) is 0 Å². The van der Waals surface area contributed by atoms with Gasteiger partial charge in [0.1, 0.15) is 5.58 Å². The molecule has 0 bridgehead atoms. The van der Waals surface area contributed by atoms with Crippen molar-refractivity contribution in [1.29, 1.82) is 0 Å². The number of fused-ring (bicyclic) bond motifs is 1. The van der Waals surface area contributed by atoms with E-state index < -0.39 is 0 Å². The second-order valence-electron chi connectivity index (χ2n) is 4.55. The van der Waals surface area contributed by atoms with Crippen molar-refractivity contribution >= 4 is 16.7 Å². The Morgan fingerprint density at radius 3 is 2.74 bits per heavy atom. The van der Waals surface area contributed by atoms with E-state index in [9.17, 15) is 0 Å². The van der Waals surface area contributed by atoms with Crippen molar-refractivity contribution in [3.63, 3.8) is 0 Å². The highest BCUT2D eigenvalue weighted by Gasteiger charge is 2.19. The topological polar surface area (TPSA) is 57.0 Å². The molecule has 0 amide bonds. The molecule has 0 unspecified atom stereocenters. The van der Waals surface area contributed by atoms with E-state index in [0.717, 1.165) is 35.4 Å². The molecule has 0 spiro atoms. The maximum absolute atomic E-state index is 6.05. The predicted molar refractivity (Wildman–Crippen MR) is 76.9 cm³/mol. The van der Waals surface area contributed by atoms with Crippen molar-refractivity contribution in [2.45, 2.75) is 26.8 Å². The molecule has 0 saturated carbocycles. The summed E-state index contributed by atoms with van der Waals surface area (Å²) >= 11 is 0. The Kier molecular flexibility index (Phi) is 2.78. The summed E-state index contributed by atoms with van der Waals surface area (Å²) in [5.74, 6) is 0.799. The highest BCUT2D eigenvalue weighted by Crippen LogP contribution is 2.35. The molecule has 1 aromatic carbocycles. The summed E-state index contributed by atoms with van der Waals surface area (Å²) in [4.78, 5) is 0. The number of hydrogen-bond acceptors (Lipinski definition) is 3. The highest BCUT2D eigenvalue weighted by molar-refractivity contribution is 5.89. The second-order valence-corrected chi connectivity index (χ2v) is 4.55. The Morgan fingerprint density at radius 1 is 1.26 bits per heavy atom. The lowest BCUT2D eigenvalue weighted by atomic mass is 10.1. The molecule has 0 fully saturated rings. The van der Waals surface area contributed by atoms with Crippen LogP contribution in [0.2, 0.25) is 0 Å². The molecule has 0 aliphatic carbocycles. The average molecular weight is 255 g/mol. The van der Waals surface area contributed by atoms with Crippen LogP contribution in [0.15, 0.2) is 34.9 Å². The van der Waals surface area contributed by atoms with Crippen LogP contribution in [-0.2, 0) is 13.0 Å². The number of benzene rings is 1. The fourth-order valence-electron chi connectivity index (χ4n) is 2.42. The zero-order valence-corrected chi connectivity index (χ0v) is 11.2. The first-order valence-electron chi connectivity index (χ1n) is 6.58. The third-order valence-electron chi connectivity index (χ3n) is 3.38. The van der Waals surface area contributed by atoms with Crippen LogP contribution in [0, 0.1) is 0 Å². The van der Waals surface area contributed by atoms with Gasteiger partial charge in [0, 0.05) is 23.7 Å². The summed E-state index contributed by atoms with van der Waals surface area (Å²) in [7, 11) is 0. The van der Waals surface area contributed by atoms with Gasteiger partial charge in [-0.05, 0) is 19.4 Å². The van der Waals surface area contributed by atoms with E-state index in [1.54, 1.807) is 0 Å². The first kappa shape index (κ1) is 11.8. The van der Waals surface area contributed by atoms with Gasteiger partial charge in [-0.1, -0.05) is 25.1 Å². The molecule has 2 N–H and O–H groups in total. The lowest BCUT2D eigenvalue weighted by Gasteiger charge is -1.98. The number of hydrogen-bond donors (Lipinski definition) is 1. The largest absolute Gasteiger partial charge is 0.454 e. The Bertz CT molecular complexity index is 724. The predicted octanol–water partition coefficient (Wildman–Crippen LogP) is 3.46.